The second-order valence-corrected chi connectivity index (χ2v) is 2.31. The number of aliphatic hydroxyl groups excluding tert-OH is 1. The van der Waals surface area contributed by atoms with Crippen LogP contribution in [-0.2, 0) is 18.9 Å². The predicted octanol–water partition coefficient (Wildman–Crippen LogP) is -1.45. The van der Waals surface area contributed by atoms with Gasteiger partial charge in [-0.1, -0.05) is 4.67 Å². The first-order valence-electron chi connectivity index (χ1n) is 2.01. The Hall–Kier alpha value is -0.460. The van der Waals surface area contributed by atoms with E-state index in [2.05, 4.69) is 9.56 Å². The highest BCUT2D eigenvalue weighted by Crippen LogP contribution is 2.35. The molecule has 0 rings (SSSR count). The molecule has 0 aliphatic heterocycles. The maximum absolute atomic E-state index is 9.92. The Balaban J connectivity index is 3.56. The van der Waals surface area contributed by atoms with Gasteiger partial charge < -0.3 is 14.9 Å². The third-order valence-electron chi connectivity index (χ3n) is 0.356. The van der Waals surface area contributed by atoms with E-state index >= 15 is 0 Å². The molecule has 0 spiro atoms. The third-order valence-corrected chi connectivity index (χ3v) is 0.625. The normalized spacial score (nSPS) is 11.1. The lowest BCUT2D eigenvalue weighted by atomic mass is 10.8. The number of carbonyl (C=O) groups excluding carboxylic acids is 1. The van der Waals surface area contributed by atoms with Gasteiger partial charge in [0, 0.05) is 0 Å². The molecule has 0 radical (unpaired) electrons. The van der Waals surface area contributed by atoms with E-state index in [0.717, 1.165) is 0 Å². The number of hydrogen-bond acceptors (Lipinski definition) is 5. The molecule has 7 nitrogen and oxygen atoms in total. The van der Waals surface area contributed by atoms with Gasteiger partial charge in [-0.2, -0.15) is 0 Å². The molecule has 0 aromatic rings. The van der Waals surface area contributed by atoms with Crippen molar-refractivity contribution in [3.05, 3.63) is 0 Å². The van der Waals surface area contributed by atoms with Gasteiger partial charge in [-0.05, 0) is 0 Å². The number of aliphatic hydroxyl groups is 1. The maximum atomic E-state index is 9.92. The fraction of sp³-hybridized carbons (Fsp3) is 0.500. The molecule has 10 heavy (non-hydrogen) atoms. The highest BCUT2D eigenvalue weighted by molar-refractivity contribution is 7.46. The van der Waals surface area contributed by atoms with E-state index in [9.17, 15) is 9.36 Å². The lowest BCUT2D eigenvalue weighted by Crippen LogP contribution is -2.08. The Morgan fingerprint density at radius 1 is 1.50 bits per heavy atom. The van der Waals surface area contributed by atoms with Crippen molar-refractivity contribution < 1.29 is 33.8 Å². The summed E-state index contributed by atoms with van der Waals surface area (Å²) in [4.78, 5) is 29.1. The number of carbonyl (C=O) groups is 1. The fourth-order valence-electron chi connectivity index (χ4n) is 0.116. The van der Waals surface area contributed by atoms with Gasteiger partial charge in [0.15, 0.2) is 0 Å². The van der Waals surface area contributed by atoms with Gasteiger partial charge in [-0.15, -0.1) is 0 Å². The van der Waals surface area contributed by atoms with Gasteiger partial charge in [0.2, 0.25) is 0 Å². The van der Waals surface area contributed by atoms with Gasteiger partial charge >= 0.3 is 13.8 Å². The average Bonchev–Trinajstić information content (AvgIpc) is 1.81. The molecule has 0 aromatic heterocycles. The van der Waals surface area contributed by atoms with Crippen LogP contribution in [0.15, 0.2) is 0 Å². The molecule has 3 N–H and O–H groups in total. The first-order valence-corrected chi connectivity index (χ1v) is 3.54. The van der Waals surface area contributed by atoms with Crippen molar-refractivity contribution in [3.63, 3.8) is 0 Å². The molecule has 0 heterocycles. The summed E-state index contributed by atoms with van der Waals surface area (Å²) in [5.74, 6) is -1.27. The molecule has 0 unspecified atom stereocenters. The summed E-state index contributed by atoms with van der Waals surface area (Å²) in [6.45, 7) is -1.00. The van der Waals surface area contributed by atoms with E-state index in [1.165, 1.54) is 0 Å². The van der Waals surface area contributed by atoms with Gasteiger partial charge in [-0.25, -0.2) is 9.36 Å². The summed E-state index contributed by atoms with van der Waals surface area (Å²) in [7, 11) is -4.79. The zero-order chi connectivity index (χ0) is 8.20. The predicted molar refractivity (Wildman–Crippen MR) is 26.3 cm³/mol. The van der Waals surface area contributed by atoms with E-state index < -0.39 is 20.4 Å². The molecular formula is C2H5O7P. The molecule has 0 aliphatic carbocycles. The second kappa shape index (κ2) is 3.65. The maximum Gasteiger partial charge on any atom is 0.505 e. The summed E-state index contributed by atoms with van der Waals surface area (Å²) >= 11 is 0. The molecule has 0 saturated carbocycles. The topological polar surface area (TPSA) is 113 Å². The molecule has 0 atom stereocenters. The zero-order valence-corrected chi connectivity index (χ0v) is 5.52. The van der Waals surface area contributed by atoms with Crippen molar-refractivity contribution in [1.29, 1.82) is 0 Å². The fourth-order valence-corrected chi connectivity index (χ4v) is 0.297. The average molecular weight is 172 g/mol. The monoisotopic (exact) mass is 172 g/mol. The van der Waals surface area contributed by atoms with Crippen molar-refractivity contribution in [1.82, 2.24) is 0 Å². The largest absolute Gasteiger partial charge is 0.505 e. The Morgan fingerprint density at radius 3 is 2.30 bits per heavy atom. The molecule has 0 aliphatic rings. The standard InChI is InChI=1S/C2H5O7P/c3-1-2(4)8-9-10(5,6)7/h3H,1H2,(H2,5,6,7). The lowest BCUT2D eigenvalue weighted by Gasteiger charge is -2.00. The summed E-state index contributed by atoms with van der Waals surface area (Å²) in [5.41, 5.74) is 0. The van der Waals surface area contributed by atoms with Crippen molar-refractivity contribution >= 4 is 13.8 Å². The lowest BCUT2D eigenvalue weighted by molar-refractivity contribution is -0.225. The zero-order valence-electron chi connectivity index (χ0n) is 4.63. The smallest absolute Gasteiger partial charge is 0.385 e. The number of phosphoric acid groups is 1. The van der Waals surface area contributed by atoms with E-state index in [1.54, 1.807) is 0 Å². The molecular weight excluding hydrogens is 167 g/mol. The summed E-state index contributed by atoms with van der Waals surface area (Å²) in [6.07, 6.45) is 0. The van der Waals surface area contributed by atoms with E-state index in [1.807, 2.05) is 0 Å². The van der Waals surface area contributed by atoms with Gasteiger partial charge in [0.05, 0.1) is 0 Å². The van der Waals surface area contributed by atoms with E-state index in [-0.39, 0.29) is 0 Å². The van der Waals surface area contributed by atoms with Crippen LogP contribution in [0.25, 0.3) is 0 Å². The molecule has 0 saturated heterocycles. The minimum Gasteiger partial charge on any atom is -0.385 e. The van der Waals surface area contributed by atoms with Crippen LogP contribution in [0.1, 0.15) is 0 Å². The van der Waals surface area contributed by atoms with Gasteiger partial charge in [-0.3, -0.25) is 4.89 Å². The van der Waals surface area contributed by atoms with Crippen LogP contribution in [0.2, 0.25) is 0 Å². The van der Waals surface area contributed by atoms with Gasteiger partial charge in [0.25, 0.3) is 0 Å². The van der Waals surface area contributed by atoms with Crippen LogP contribution in [-0.4, -0.2) is 27.5 Å². The molecule has 0 amide bonds. The Bertz CT molecular complexity index is 157. The summed E-state index contributed by atoms with van der Waals surface area (Å²) < 4.78 is 13.0. The molecule has 60 valence electrons. The van der Waals surface area contributed by atoms with Crippen LogP contribution in [0, 0.1) is 0 Å². The first kappa shape index (κ1) is 9.54. The molecule has 0 fully saturated rings. The second-order valence-electron chi connectivity index (χ2n) is 1.18. The van der Waals surface area contributed by atoms with Crippen LogP contribution < -0.4 is 0 Å². The van der Waals surface area contributed by atoms with Gasteiger partial charge in [0.1, 0.15) is 6.61 Å². The van der Waals surface area contributed by atoms with Crippen LogP contribution in [0.4, 0.5) is 0 Å². The minimum absolute atomic E-state index is 1.00. The van der Waals surface area contributed by atoms with Crippen molar-refractivity contribution in [2.24, 2.45) is 0 Å². The third kappa shape index (κ3) is 5.67. The van der Waals surface area contributed by atoms with Crippen LogP contribution in [0.5, 0.6) is 0 Å². The SMILES string of the molecule is O=C(CO)OOP(=O)(O)O. The highest BCUT2D eigenvalue weighted by atomic mass is 31.2. The first-order chi connectivity index (χ1) is 4.45. The quantitative estimate of drug-likeness (QED) is 0.271. The molecule has 0 aromatic carbocycles. The van der Waals surface area contributed by atoms with E-state index in [4.69, 9.17) is 14.9 Å². The Kier molecular flexibility index (Phi) is 3.48. The Labute approximate surface area is 55.4 Å². The molecule has 0 bridgehead atoms. The highest BCUT2D eigenvalue weighted by Gasteiger charge is 2.17. The Morgan fingerprint density at radius 2 is 2.00 bits per heavy atom. The van der Waals surface area contributed by atoms with Crippen molar-refractivity contribution in [2.75, 3.05) is 6.61 Å². The minimum atomic E-state index is -4.79. The molecule has 8 heteroatoms. The van der Waals surface area contributed by atoms with Crippen LogP contribution >= 0.6 is 7.82 Å². The van der Waals surface area contributed by atoms with Crippen molar-refractivity contribution in [2.45, 2.75) is 0 Å². The van der Waals surface area contributed by atoms with Crippen molar-refractivity contribution in [3.8, 4) is 0 Å². The summed E-state index contributed by atoms with van der Waals surface area (Å²) in [6, 6.07) is 0. The number of hydrogen-bond donors (Lipinski definition) is 3. The van der Waals surface area contributed by atoms with Crippen LogP contribution in [0.3, 0.4) is 0 Å². The summed E-state index contributed by atoms with van der Waals surface area (Å²) in [5, 5.41) is 7.92. The van der Waals surface area contributed by atoms with E-state index in [0.29, 0.717) is 0 Å². The number of rotatable bonds is 3.